The molecule has 8 heteroatoms. The highest BCUT2D eigenvalue weighted by Gasteiger charge is 2.43. The number of benzene rings is 1. The van der Waals surface area contributed by atoms with Crippen molar-refractivity contribution in [3.05, 3.63) is 71.0 Å². The lowest BCUT2D eigenvalue weighted by Gasteiger charge is -2.34. The minimum absolute atomic E-state index is 0.143. The zero-order chi connectivity index (χ0) is 23.8. The quantitative estimate of drug-likeness (QED) is 0.428. The standard InChI is InChI=1S/C27H30ClFN4O2/c28-20-4-5-22(31-14-20)24-16-34-23-3-1-2-21(26(23)35-24)19-6-11-32(12-7-19)15-25-30-10-13-33(25)18-27(17-29)8-9-27/h1-5,10,13-14,19,24H,6-9,11-12,15-18H2/t24-/m1/s1. The van der Waals surface area contributed by atoms with Crippen LogP contribution in [-0.2, 0) is 13.1 Å². The van der Waals surface area contributed by atoms with Crippen LogP contribution in [-0.4, -0.2) is 45.8 Å². The molecular weight excluding hydrogens is 467 g/mol. The van der Waals surface area contributed by atoms with E-state index in [1.807, 2.05) is 30.6 Å². The van der Waals surface area contributed by atoms with Crippen LogP contribution in [0.2, 0.25) is 5.02 Å². The molecule has 3 aliphatic rings. The van der Waals surface area contributed by atoms with Gasteiger partial charge in [0.25, 0.3) is 0 Å². The van der Waals surface area contributed by atoms with Gasteiger partial charge in [0, 0.05) is 36.1 Å². The first kappa shape index (κ1) is 22.8. The van der Waals surface area contributed by atoms with Crippen molar-refractivity contribution in [3.8, 4) is 11.5 Å². The Balaban J connectivity index is 1.11. The van der Waals surface area contributed by atoms with Crippen LogP contribution in [0.4, 0.5) is 4.39 Å². The molecule has 0 spiro atoms. The zero-order valence-electron chi connectivity index (χ0n) is 19.7. The van der Waals surface area contributed by atoms with Crippen LogP contribution in [0.15, 0.2) is 48.9 Å². The molecule has 0 amide bonds. The molecule has 1 saturated carbocycles. The summed E-state index contributed by atoms with van der Waals surface area (Å²) in [4.78, 5) is 11.5. The summed E-state index contributed by atoms with van der Waals surface area (Å²) in [5, 5.41) is 0.607. The largest absolute Gasteiger partial charge is 0.485 e. The fraction of sp³-hybridized carbons (Fsp3) is 0.481. The smallest absolute Gasteiger partial charge is 0.174 e. The van der Waals surface area contributed by atoms with Gasteiger partial charge in [-0.05, 0) is 62.9 Å². The number of aromatic nitrogens is 3. The van der Waals surface area contributed by atoms with E-state index in [4.69, 9.17) is 21.1 Å². The van der Waals surface area contributed by atoms with E-state index in [9.17, 15) is 4.39 Å². The highest BCUT2D eigenvalue weighted by atomic mass is 35.5. The van der Waals surface area contributed by atoms with Gasteiger partial charge in [-0.25, -0.2) is 4.98 Å². The number of halogens is 2. The third-order valence-corrected chi connectivity index (χ3v) is 7.90. The van der Waals surface area contributed by atoms with Crippen molar-refractivity contribution in [2.75, 3.05) is 26.4 Å². The highest BCUT2D eigenvalue weighted by molar-refractivity contribution is 6.30. The van der Waals surface area contributed by atoms with E-state index in [1.165, 1.54) is 5.56 Å². The van der Waals surface area contributed by atoms with Gasteiger partial charge in [0.2, 0.25) is 0 Å². The molecule has 35 heavy (non-hydrogen) atoms. The Labute approximate surface area is 210 Å². The zero-order valence-corrected chi connectivity index (χ0v) is 20.5. The monoisotopic (exact) mass is 496 g/mol. The summed E-state index contributed by atoms with van der Waals surface area (Å²) in [5.74, 6) is 3.09. The lowest BCUT2D eigenvalue weighted by molar-refractivity contribution is 0.0853. The number of ether oxygens (including phenoxy) is 2. The second kappa shape index (κ2) is 9.43. The lowest BCUT2D eigenvalue weighted by Crippen LogP contribution is -2.34. The number of fused-ring (bicyclic) bond motifs is 1. The van der Waals surface area contributed by atoms with E-state index in [2.05, 4.69) is 31.6 Å². The van der Waals surface area contributed by atoms with Gasteiger partial charge in [0.15, 0.2) is 17.6 Å². The molecular formula is C27H30ClFN4O2. The van der Waals surface area contributed by atoms with Crippen LogP contribution in [0.3, 0.4) is 0 Å². The fourth-order valence-electron chi connectivity index (χ4n) is 5.27. The van der Waals surface area contributed by atoms with E-state index < -0.39 is 0 Å². The third-order valence-electron chi connectivity index (χ3n) is 7.68. The van der Waals surface area contributed by atoms with Crippen LogP contribution < -0.4 is 9.47 Å². The Kier molecular flexibility index (Phi) is 6.14. The first-order valence-corrected chi connectivity index (χ1v) is 12.8. The fourth-order valence-corrected chi connectivity index (χ4v) is 5.38. The molecule has 2 aromatic heterocycles. The number of nitrogens with zero attached hydrogens (tertiary/aromatic N) is 4. The van der Waals surface area contributed by atoms with Crippen LogP contribution in [0.5, 0.6) is 11.5 Å². The highest BCUT2D eigenvalue weighted by Crippen LogP contribution is 2.48. The molecule has 0 radical (unpaired) electrons. The average Bonchev–Trinajstić information content (AvgIpc) is 3.55. The van der Waals surface area contributed by atoms with E-state index in [1.54, 1.807) is 6.20 Å². The molecule has 1 aliphatic carbocycles. The number of para-hydroxylation sites is 1. The maximum absolute atomic E-state index is 13.4. The van der Waals surface area contributed by atoms with Gasteiger partial charge in [-0.1, -0.05) is 23.7 Å². The Morgan fingerprint density at radius 1 is 1.11 bits per heavy atom. The number of piperidine rings is 1. The Bertz CT molecular complexity index is 1170. The van der Waals surface area contributed by atoms with E-state index in [0.717, 1.165) is 74.9 Å². The molecule has 0 N–H and O–H groups in total. The Morgan fingerprint density at radius 3 is 2.71 bits per heavy atom. The number of alkyl halides is 1. The number of imidazole rings is 1. The first-order chi connectivity index (χ1) is 17.1. The van der Waals surface area contributed by atoms with Crippen molar-refractivity contribution in [3.63, 3.8) is 0 Å². The number of hydrogen-bond acceptors (Lipinski definition) is 5. The van der Waals surface area contributed by atoms with Crippen LogP contribution in [0, 0.1) is 5.41 Å². The van der Waals surface area contributed by atoms with Crippen molar-refractivity contribution in [1.29, 1.82) is 0 Å². The van der Waals surface area contributed by atoms with E-state index in [-0.39, 0.29) is 18.2 Å². The molecule has 1 aromatic carbocycles. The van der Waals surface area contributed by atoms with Gasteiger partial charge in [-0.15, -0.1) is 0 Å². The summed E-state index contributed by atoms with van der Waals surface area (Å²) in [6, 6.07) is 9.92. The number of rotatable bonds is 7. The van der Waals surface area contributed by atoms with Crippen molar-refractivity contribution in [1.82, 2.24) is 19.4 Å². The van der Waals surface area contributed by atoms with Gasteiger partial charge >= 0.3 is 0 Å². The average molecular weight is 497 g/mol. The summed E-state index contributed by atoms with van der Waals surface area (Å²) in [6.45, 7) is 3.71. The molecule has 1 saturated heterocycles. The van der Waals surface area contributed by atoms with Crippen molar-refractivity contribution in [2.24, 2.45) is 5.41 Å². The third kappa shape index (κ3) is 4.76. The maximum atomic E-state index is 13.4. The summed E-state index contributed by atoms with van der Waals surface area (Å²) in [6.07, 6.45) is 9.28. The molecule has 0 bridgehead atoms. The van der Waals surface area contributed by atoms with Crippen molar-refractivity contribution >= 4 is 11.6 Å². The second-order valence-corrected chi connectivity index (χ2v) is 10.6. The normalized spacial score (nSPS) is 21.7. The van der Waals surface area contributed by atoms with E-state index in [0.29, 0.717) is 17.5 Å². The maximum Gasteiger partial charge on any atom is 0.174 e. The topological polar surface area (TPSA) is 52.4 Å². The van der Waals surface area contributed by atoms with Crippen LogP contribution in [0.1, 0.15) is 54.8 Å². The molecule has 6 rings (SSSR count). The SMILES string of the molecule is FCC1(Cn2ccnc2CN2CCC(c3cccc4c3O[C@@H](c3ccc(Cl)cn3)CO4)CC2)CC1. The summed E-state index contributed by atoms with van der Waals surface area (Å²) >= 11 is 6.00. The predicted octanol–water partition coefficient (Wildman–Crippen LogP) is 5.57. The Hall–Kier alpha value is -2.64. The molecule has 2 fully saturated rings. The molecule has 1 atom stereocenters. The second-order valence-electron chi connectivity index (χ2n) is 10.1. The summed E-state index contributed by atoms with van der Waals surface area (Å²) in [7, 11) is 0. The molecule has 6 nitrogen and oxygen atoms in total. The van der Waals surface area contributed by atoms with Gasteiger partial charge in [-0.3, -0.25) is 14.3 Å². The van der Waals surface area contributed by atoms with Crippen LogP contribution in [0.25, 0.3) is 0 Å². The number of hydrogen-bond donors (Lipinski definition) is 0. The molecule has 4 heterocycles. The summed E-state index contributed by atoms with van der Waals surface area (Å²) < 4.78 is 28.1. The van der Waals surface area contributed by atoms with Crippen molar-refractivity contribution < 1.29 is 13.9 Å². The van der Waals surface area contributed by atoms with Gasteiger partial charge in [-0.2, -0.15) is 0 Å². The first-order valence-electron chi connectivity index (χ1n) is 12.4. The lowest BCUT2D eigenvalue weighted by atomic mass is 9.88. The van der Waals surface area contributed by atoms with Gasteiger partial charge < -0.3 is 14.0 Å². The van der Waals surface area contributed by atoms with Crippen molar-refractivity contribution in [2.45, 2.75) is 50.8 Å². The predicted molar refractivity (Wildman–Crippen MR) is 132 cm³/mol. The molecule has 2 aliphatic heterocycles. The van der Waals surface area contributed by atoms with E-state index >= 15 is 0 Å². The number of pyridine rings is 1. The minimum Gasteiger partial charge on any atom is -0.485 e. The van der Waals surface area contributed by atoms with Gasteiger partial charge in [0.05, 0.1) is 23.9 Å². The van der Waals surface area contributed by atoms with Crippen LogP contribution >= 0.6 is 11.6 Å². The molecule has 0 unspecified atom stereocenters. The molecule has 3 aromatic rings. The number of likely N-dealkylation sites (tertiary alicyclic amines) is 1. The summed E-state index contributed by atoms with van der Waals surface area (Å²) in [5.41, 5.74) is 1.89. The molecule has 184 valence electrons. The Morgan fingerprint density at radius 2 is 1.97 bits per heavy atom. The minimum atomic E-state index is -0.251. The van der Waals surface area contributed by atoms with Gasteiger partial charge in [0.1, 0.15) is 12.4 Å².